The zero-order chi connectivity index (χ0) is 21.8. The van der Waals surface area contributed by atoms with Gasteiger partial charge in [-0.3, -0.25) is 14.2 Å². The molecule has 3 aromatic rings. The standard InChI is InChI=1S/C24H27N3O4/c1-2-31-19-9-7-18(8-10-19)15-22(28)26-13-11-24(30,12-14-26)16-27-17-25-21-6-4-3-5-20(21)23(27)29/h3-10,17,30H,2,11-16H2,1H3. The van der Waals surface area contributed by atoms with E-state index in [1.54, 1.807) is 23.1 Å². The Morgan fingerprint density at radius 2 is 1.84 bits per heavy atom. The summed E-state index contributed by atoms with van der Waals surface area (Å²) in [4.78, 5) is 31.5. The molecule has 0 bridgehead atoms. The number of ether oxygens (including phenoxy) is 1. The number of carbonyl (C=O) groups excluding carboxylic acids is 1. The van der Waals surface area contributed by atoms with Crippen molar-refractivity contribution in [2.45, 2.75) is 38.3 Å². The number of piperidine rings is 1. The zero-order valence-corrected chi connectivity index (χ0v) is 17.7. The second-order valence-electron chi connectivity index (χ2n) is 8.05. The SMILES string of the molecule is CCOc1ccc(CC(=O)N2CCC(O)(Cn3cnc4ccccc4c3=O)CC2)cc1. The van der Waals surface area contributed by atoms with E-state index in [4.69, 9.17) is 4.74 Å². The predicted molar refractivity (Wildman–Crippen MR) is 118 cm³/mol. The summed E-state index contributed by atoms with van der Waals surface area (Å²) in [6, 6.07) is 14.7. The molecule has 0 unspecified atom stereocenters. The molecule has 1 N–H and O–H groups in total. The molecule has 2 aromatic carbocycles. The smallest absolute Gasteiger partial charge is 0.261 e. The van der Waals surface area contributed by atoms with Gasteiger partial charge in [0.15, 0.2) is 0 Å². The van der Waals surface area contributed by atoms with E-state index in [1.807, 2.05) is 37.3 Å². The molecule has 7 heteroatoms. The number of benzene rings is 2. The Morgan fingerprint density at radius 1 is 1.13 bits per heavy atom. The van der Waals surface area contributed by atoms with E-state index < -0.39 is 5.60 Å². The Bertz CT molecular complexity index is 1120. The molecule has 0 spiro atoms. The maximum Gasteiger partial charge on any atom is 0.261 e. The van der Waals surface area contributed by atoms with Crippen LogP contribution in [0.5, 0.6) is 5.75 Å². The lowest BCUT2D eigenvalue weighted by molar-refractivity contribution is -0.135. The lowest BCUT2D eigenvalue weighted by Crippen LogP contribution is -2.50. The average Bonchev–Trinajstić information content (AvgIpc) is 2.78. The number of hydrogen-bond acceptors (Lipinski definition) is 5. The minimum absolute atomic E-state index is 0.0377. The van der Waals surface area contributed by atoms with Crippen LogP contribution in [0.25, 0.3) is 10.9 Å². The number of aliphatic hydroxyl groups is 1. The molecule has 1 aromatic heterocycles. The molecule has 4 rings (SSSR count). The summed E-state index contributed by atoms with van der Waals surface area (Å²) in [6.45, 7) is 3.63. The second kappa shape index (κ2) is 8.89. The van der Waals surface area contributed by atoms with Gasteiger partial charge >= 0.3 is 0 Å². The molecule has 1 aliphatic heterocycles. The number of aromatic nitrogens is 2. The van der Waals surface area contributed by atoms with Gasteiger partial charge in [-0.15, -0.1) is 0 Å². The van der Waals surface area contributed by atoms with Crippen LogP contribution in [0.4, 0.5) is 0 Å². The fraction of sp³-hybridized carbons (Fsp3) is 0.375. The lowest BCUT2D eigenvalue weighted by atomic mass is 9.91. The van der Waals surface area contributed by atoms with Crippen molar-refractivity contribution >= 4 is 16.8 Å². The zero-order valence-electron chi connectivity index (χ0n) is 17.7. The summed E-state index contributed by atoms with van der Waals surface area (Å²) in [5.74, 6) is 0.830. The Morgan fingerprint density at radius 3 is 2.55 bits per heavy atom. The molecule has 0 atom stereocenters. The summed E-state index contributed by atoms with van der Waals surface area (Å²) < 4.78 is 6.91. The van der Waals surface area contributed by atoms with E-state index in [1.165, 1.54) is 10.9 Å². The third kappa shape index (κ3) is 4.77. The van der Waals surface area contributed by atoms with Crippen molar-refractivity contribution in [3.63, 3.8) is 0 Å². The summed E-state index contributed by atoms with van der Waals surface area (Å²) in [6.07, 6.45) is 2.65. The van der Waals surface area contributed by atoms with Crippen molar-refractivity contribution in [2.24, 2.45) is 0 Å². The molecule has 0 saturated carbocycles. The van der Waals surface area contributed by atoms with E-state index in [0.29, 0.717) is 49.9 Å². The van der Waals surface area contributed by atoms with Crippen LogP contribution in [0.1, 0.15) is 25.3 Å². The second-order valence-corrected chi connectivity index (χ2v) is 8.05. The minimum Gasteiger partial charge on any atom is -0.494 e. The van der Waals surface area contributed by atoms with Crippen LogP contribution < -0.4 is 10.3 Å². The van der Waals surface area contributed by atoms with Crippen LogP contribution in [-0.4, -0.2) is 50.8 Å². The highest BCUT2D eigenvalue weighted by molar-refractivity contribution is 5.79. The van der Waals surface area contributed by atoms with Crippen molar-refractivity contribution in [1.29, 1.82) is 0 Å². The molecule has 0 aliphatic carbocycles. The van der Waals surface area contributed by atoms with Gasteiger partial charge in [0.05, 0.1) is 42.4 Å². The van der Waals surface area contributed by atoms with E-state index in [0.717, 1.165) is 11.3 Å². The molecular weight excluding hydrogens is 394 g/mol. The highest BCUT2D eigenvalue weighted by Crippen LogP contribution is 2.24. The average molecular weight is 421 g/mol. The predicted octanol–water partition coefficient (Wildman–Crippen LogP) is 2.39. The number of likely N-dealkylation sites (tertiary alicyclic amines) is 1. The molecule has 162 valence electrons. The van der Waals surface area contributed by atoms with Crippen molar-refractivity contribution in [3.05, 3.63) is 70.8 Å². The quantitative estimate of drug-likeness (QED) is 0.661. The Kier molecular flexibility index (Phi) is 6.04. The first kappa shape index (κ1) is 21.1. The maximum absolute atomic E-state index is 12.7. The van der Waals surface area contributed by atoms with Crippen LogP contribution in [-0.2, 0) is 17.8 Å². The number of nitrogens with zero attached hydrogens (tertiary/aromatic N) is 3. The van der Waals surface area contributed by atoms with Crippen molar-refractivity contribution < 1.29 is 14.6 Å². The van der Waals surface area contributed by atoms with Gasteiger partial charge in [-0.05, 0) is 49.6 Å². The summed E-state index contributed by atoms with van der Waals surface area (Å²) in [5.41, 5.74) is 0.380. The third-order valence-electron chi connectivity index (χ3n) is 5.83. The highest BCUT2D eigenvalue weighted by atomic mass is 16.5. The molecule has 0 radical (unpaired) electrons. The number of para-hydroxylation sites is 1. The number of carbonyl (C=O) groups is 1. The summed E-state index contributed by atoms with van der Waals surface area (Å²) in [7, 11) is 0. The first-order valence-electron chi connectivity index (χ1n) is 10.6. The largest absolute Gasteiger partial charge is 0.494 e. The molecule has 1 saturated heterocycles. The van der Waals surface area contributed by atoms with Crippen LogP contribution in [0, 0.1) is 0 Å². The molecule has 7 nitrogen and oxygen atoms in total. The number of amides is 1. The third-order valence-corrected chi connectivity index (χ3v) is 5.83. The lowest BCUT2D eigenvalue weighted by Gasteiger charge is -2.38. The number of hydrogen-bond donors (Lipinski definition) is 1. The van der Waals surface area contributed by atoms with Gasteiger partial charge in [0, 0.05) is 13.1 Å². The van der Waals surface area contributed by atoms with Crippen molar-refractivity contribution in [2.75, 3.05) is 19.7 Å². The van der Waals surface area contributed by atoms with Gasteiger partial charge in [0.25, 0.3) is 5.56 Å². The highest BCUT2D eigenvalue weighted by Gasteiger charge is 2.34. The number of rotatable bonds is 6. The molecule has 1 fully saturated rings. The van der Waals surface area contributed by atoms with Crippen molar-refractivity contribution in [3.8, 4) is 5.75 Å². The Labute approximate surface area is 180 Å². The van der Waals surface area contributed by atoms with Gasteiger partial charge in [-0.25, -0.2) is 4.98 Å². The molecule has 1 amide bonds. The van der Waals surface area contributed by atoms with Crippen molar-refractivity contribution in [1.82, 2.24) is 14.5 Å². The molecular formula is C24H27N3O4. The van der Waals surface area contributed by atoms with Gasteiger partial charge in [0.1, 0.15) is 5.75 Å². The van der Waals surface area contributed by atoms with Gasteiger partial charge < -0.3 is 14.7 Å². The van der Waals surface area contributed by atoms with Gasteiger partial charge in [-0.2, -0.15) is 0 Å². The first-order valence-corrected chi connectivity index (χ1v) is 10.6. The van der Waals surface area contributed by atoms with Crippen LogP contribution in [0.3, 0.4) is 0 Å². The normalized spacial score (nSPS) is 15.7. The fourth-order valence-electron chi connectivity index (χ4n) is 4.02. The molecule has 2 heterocycles. The van der Waals surface area contributed by atoms with Gasteiger partial charge in [-0.1, -0.05) is 24.3 Å². The molecule has 1 aliphatic rings. The van der Waals surface area contributed by atoms with E-state index in [9.17, 15) is 14.7 Å². The Hall–Kier alpha value is -3.19. The summed E-state index contributed by atoms with van der Waals surface area (Å²) in [5, 5.41) is 11.6. The monoisotopic (exact) mass is 421 g/mol. The van der Waals surface area contributed by atoms with Gasteiger partial charge in [0.2, 0.25) is 5.91 Å². The Balaban J connectivity index is 1.36. The topological polar surface area (TPSA) is 84.7 Å². The number of fused-ring (bicyclic) bond motifs is 1. The van der Waals surface area contributed by atoms with E-state index >= 15 is 0 Å². The minimum atomic E-state index is -1.04. The van der Waals surface area contributed by atoms with E-state index in [2.05, 4.69) is 4.98 Å². The maximum atomic E-state index is 12.7. The van der Waals surface area contributed by atoms with Crippen LogP contribution in [0.15, 0.2) is 59.7 Å². The first-order chi connectivity index (χ1) is 15.0. The molecule has 31 heavy (non-hydrogen) atoms. The van der Waals surface area contributed by atoms with E-state index in [-0.39, 0.29) is 18.0 Å². The van der Waals surface area contributed by atoms with Crippen LogP contribution >= 0.6 is 0 Å². The fourth-order valence-corrected chi connectivity index (χ4v) is 4.02. The van der Waals surface area contributed by atoms with Crippen LogP contribution in [0.2, 0.25) is 0 Å². The summed E-state index contributed by atoms with van der Waals surface area (Å²) >= 11 is 0.